The molecule has 0 unspecified atom stereocenters. The molecule has 0 aliphatic rings. The van der Waals surface area contributed by atoms with Gasteiger partial charge in [0.1, 0.15) is 12.9 Å². The zero-order chi connectivity index (χ0) is 10.6. The fourth-order valence-corrected chi connectivity index (χ4v) is 1.51. The third-order valence-electron chi connectivity index (χ3n) is 1.79. The number of nitrogens with zero attached hydrogens (tertiary/aromatic N) is 1. The molecule has 0 aromatic heterocycles. The molecule has 0 heterocycles. The zero-order valence-electron chi connectivity index (χ0n) is 8.37. The first kappa shape index (κ1) is 10.9. The Labute approximate surface area is 88.3 Å². The van der Waals surface area contributed by atoms with E-state index >= 15 is 0 Å². The van der Waals surface area contributed by atoms with Gasteiger partial charge in [-0.25, -0.2) is 0 Å². The maximum Gasteiger partial charge on any atom is 0.129 e. The van der Waals surface area contributed by atoms with Crippen LogP contribution in [0.4, 0.5) is 0 Å². The first-order chi connectivity index (χ1) is 6.70. The van der Waals surface area contributed by atoms with E-state index < -0.39 is 0 Å². The fourth-order valence-electron chi connectivity index (χ4n) is 1.21. The van der Waals surface area contributed by atoms with Crippen LogP contribution in [0.2, 0.25) is 5.02 Å². The monoisotopic (exact) mass is 213 g/mol. The Bertz CT molecular complexity index is 350. The lowest BCUT2D eigenvalue weighted by Gasteiger charge is -2.08. The van der Waals surface area contributed by atoms with E-state index in [2.05, 4.69) is 9.99 Å². The molecule has 0 N–H and O–H groups in total. The Balaban J connectivity index is 3.23. The predicted octanol–water partition coefficient (Wildman–Crippen LogP) is 2.72. The van der Waals surface area contributed by atoms with E-state index in [4.69, 9.17) is 16.3 Å². The van der Waals surface area contributed by atoms with Crippen molar-refractivity contribution in [1.82, 2.24) is 0 Å². The average molecular weight is 214 g/mol. The molecule has 0 aliphatic heterocycles. The number of benzene rings is 1. The highest BCUT2D eigenvalue weighted by molar-refractivity contribution is 6.34. The van der Waals surface area contributed by atoms with Crippen LogP contribution in [-0.2, 0) is 4.84 Å². The molecule has 1 aromatic rings. The van der Waals surface area contributed by atoms with Gasteiger partial charge < -0.3 is 9.57 Å². The van der Waals surface area contributed by atoms with Crippen molar-refractivity contribution >= 4 is 17.3 Å². The molecule has 0 aliphatic carbocycles. The summed E-state index contributed by atoms with van der Waals surface area (Å²) >= 11 is 6.02. The predicted molar refractivity (Wildman–Crippen MR) is 57.2 cm³/mol. The van der Waals surface area contributed by atoms with Crippen molar-refractivity contribution in [2.24, 2.45) is 5.16 Å². The molecule has 0 fully saturated rings. The highest BCUT2D eigenvalue weighted by Crippen LogP contribution is 2.26. The van der Waals surface area contributed by atoms with Crippen LogP contribution < -0.4 is 4.74 Å². The minimum atomic E-state index is 0.600. The third kappa shape index (κ3) is 2.17. The number of hydrogen-bond acceptors (Lipinski definition) is 3. The molecule has 3 nitrogen and oxygen atoms in total. The van der Waals surface area contributed by atoms with Crippen LogP contribution in [0.5, 0.6) is 5.75 Å². The van der Waals surface area contributed by atoms with Gasteiger partial charge >= 0.3 is 0 Å². The highest BCUT2D eigenvalue weighted by Gasteiger charge is 2.10. The third-order valence-corrected chi connectivity index (χ3v) is 2.10. The summed E-state index contributed by atoms with van der Waals surface area (Å²) in [4.78, 5) is 4.69. The summed E-state index contributed by atoms with van der Waals surface area (Å²) in [6.07, 6.45) is 0. The number of methoxy groups -OCH3 is 1. The lowest BCUT2D eigenvalue weighted by atomic mass is 10.1. The normalized spacial score (nSPS) is 11.3. The summed E-state index contributed by atoms with van der Waals surface area (Å²) in [6.45, 7) is 1.81. The van der Waals surface area contributed by atoms with Gasteiger partial charge in [0, 0.05) is 0 Å². The lowest BCUT2D eigenvalue weighted by molar-refractivity contribution is 0.213. The molecule has 4 heteroatoms. The smallest absolute Gasteiger partial charge is 0.129 e. The van der Waals surface area contributed by atoms with E-state index in [1.54, 1.807) is 13.2 Å². The second-order valence-corrected chi connectivity index (χ2v) is 3.08. The number of halogens is 1. The SMILES string of the molecule is CO/N=C(\C)c1c(Cl)cccc1OC. The fraction of sp³-hybridized carbons (Fsp3) is 0.300. The average Bonchev–Trinajstić information content (AvgIpc) is 2.17. The summed E-state index contributed by atoms with van der Waals surface area (Å²) in [5, 5.41) is 4.42. The van der Waals surface area contributed by atoms with Gasteiger partial charge in [0.2, 0.25) is 0 Å². The van der Waals surface area contributed by atoms with Crippen molar-refractivity contribution in [2.75, 3.05) is 14.2 Å². The molecular formula is C10H12ClNO2. The van der Waals surface area contributed by atoms with E-state index in [1.165, 1.54) is 7.11 Å². The summed E-state index contributed by atoms with van der Waals surface area (Å²) in [5.74, 6) is 0.691. The quantitative estimate of drug-likeness (QED) is 0.571. The first-order valence-corrected chi connectivity index (χ1v) is 4.49. The van der Waals surface area contributed by atoms with E-state index in [9.17, 15) is 0 Å². The van der Waals surface area contributed by atoms with Crippen LogP contribution in [0, 0.1) is 0 Å². The molecule has 1 aromatic carbocycles. The van der Waals surface area contributed by atoms with Crippen molar-refractivity contribution in [2.45, 2.75) is 6.92 Å². The van der Waals surface area contributed by atoms with Gasteiger partial charge in [-0.1, -0.05) is 22.8 Å². The Hall–Kier alpha value is -1.22. The van der Waals surface area contributed by atoms with Crippen LogP contribution in [0.15, 0.2) is 23.4 Å². The molecular weight excluding hydrogens is 202 g/mol. The first-order valence-electron chi connectivity index (χ1n) is 4.11. The van der Waals surface area contributed by atoms with Crippen molar-refractivity contribution < 1.29 is 9.57 Å². The molecule has 0 saturated carbocycles. The summed E-state index contributed by atoms with van der Waals surface area (Å²) in [5.41, 5.74) is 1.45. The number of ether oxygens (including phenoxy) is 1. The minimum absolute atomic E-state index is 0.600. The summed E-state index contributed by atoms with van der Waals surface area (Å²) in [6, 6.07) is 5.44. The molecule has 0 radical (unpaired) electrons. The maximum atomic E-state index is 6.02. The Morgan fingerprint density at radius 2 is 2.07 bits per heavy atom. The van der Waals surface area contributed by atoms with Gasteiger partial charge in [0.05, 0.1) is 23.4 Å². The van der Waals surface area contributed by atoms with Gasteiger partial charge in [-0.05, 0) is 19.1 Å². The Kier molecular flexibility index (Phi) is 3.77. The molecule has 0 saturated heterocycles. The summed E-state index contributed by atoms with van der Waals surface area (Å²) < 4.78 is 5.17. The van der Waals surface area contributed by atoms with E-state index in [0.717, 1.165) is 5.56 Å². The van der Waals surface area contributed by atoms with Gasteiger partial charge in [-0.15, -0.1) is 0 Å². The Morgan fingerprint density at radius 3 is 2.64 bits per heavy atom. The van der Waals surface area contributed by atoms with Crippen molar-refractivity contribution in [3.05, 3.63) is 28.8 Å². The van der Waals surface area contributed by atoms with Crippen LogP contribution in [-0.4, -0.2) is 19.9 Å². The minimum Gasteiger partial charge on any atom is -0.496 e. The zero-order valence-corrected chi connectivity index (χ0v) is 9.13. The molecule has 1 rings (SSSR count). The van der Waals surface area contributed by atoms with Crippen LogP contribution in [0.1, 0.15) is 12.5 Å². The second kappa shape index (κ2) is 4.86. The molecule has 0 spiro atoms. The highest BCUT2D eigenvalue weighted by atomic mass is 35.5. The summed E-state index contributed by atoms with van der Waals surface area (Å²) in [7, 11) is 3.09. The molecule has 0 atom stereocenters. The van der Waals surface area contributed by atoms with Crippen molar-refractivity contribution in [1.29, 1.82) is 0 Å². The van der Waals surface area contributed by atoms with E-state index in [0.29, 0.717) is 16.5 Å². The Morgan fingerprint density at radius 1 is 1.36 bits per heavy atom. The van der Waals surface area contributed by atoms with Crippen molar-refractivity contribution in [3.8, 4) is 5.75 Å². The molecule has 14 heavy (non-hydrogen) atoms. The van der Waals surface area contributed by atoms with Gasteiger partial charge in [0.15, 0.2) is 0 Å². The molecule has 0 amide bonds. The van der Waals surface area contributed by atoms with E-state index in [-0.39, 0.29) is 0 Å². The number of oxime groups is 1. The number of hydrogen-bond donors (Lipinski definition) is 0. The van der Waals surface area contributed by atoms with E-state index in [1.807, 2.05) is 19.1 Å². The van der Waals surface area contributed by atoms with Crippen LogP contribution >= 0.6 is 11.6 Å². The van der Waals surface area contributed by atoms with Gasteiger partial charge in [-0.2, -0.15) is 0 Å². The van der Waals surface area contributed by atoms with Gasteiger partial charge in [0.25, 0.3) is 0 Å². The van der Waals surface area contributed by atoms with Gasteiger partial charge in [-0.3, -0.25) is 0 Å². The number of rotatable bonds is 3. The topological polar surface area (TPSA) is 30.8 Å². The van der Waals surface area contributed by atoms with Crippen molar-refractivity contribution in [3.63, 3.8) is 0 Å². The lowest BCUT2D eigenvalue weighted by Crippen LogP contribution is -2.00. The molecule has 76 valence electrons. The maximum absolute atomic E-state index is 6.02. The largest absolute Gasteiger partial charge is 0.496 e. The standard InChI is InChI=1S/C10H12ClNO2/c1-7(12-14-3)10-8(11)5-4-6-9(10)13-2/h4-6H,1-3H3/b12-7+. The second-order valence-electron chi connectivity index (χ2n) is 2.68. The molecule has 0 bridgehead atoms. The van der Waals surface area contributed by atoms with Crippen LogP contribution in [0.25, 0.3) is 0 Å². The van der Waals surface area contributed by atoms with Crippen LogP contribution in [0.3, 0.4) is 0 Å².